The van der Waals surface area contributed by atoms with Crippen LogP contribution in [0.2, 0.25) is 10.0 Å². The van der Waals surface area contributed by atoms with Gasteiger partial charge >= 0.3 is 0 Å². The molecule has 2 aromatic rings. The van der Waals surface area contributed by atoms with Crippen LogP contribution < -0.4 is 0 Å². The second-order valence-corrected chi connectivity index (χ2v) is 4.89. The Morgan fingerprint density at radius 2 is 1.53 bits per heavy atom. The zero-order valence-corrected chi connectivity index (χ0v) is 10.6. The second kappa shape index (κ2) is 4.21. The summed E-state index contributed by atoms with van der Waals surface area (Å²) in [6.07, 6.45) is 3.14. The largest absolute Gasteiger partial charge is 0.0836 e. The highest BCUT2D eigenvalue weighted by molar-refractivity contribution is 6.38. The lowest BCUT2D eigenvalue weighted by Gasteiger charge is -2.10. The summed E-state index contributed by atoms with van der Waals surface area (Å²) in [5, 5.41) is 1.42. The van der Waals surface area contributed by atoms with Gasteiger partial charge in [0, 0.05) is 15.6 Å². The topological polar surface area (TPSA) is 0 Å². The van der Waals surface area contributed by atoms with E-state index in [4.69, 9.17) is 23.2 Å². The van der Waals surface area contributed by atoms with Crippen LogP contribution in [0.3, 0.4) is 0 Å². The quantitative estimate of drug-likeness (QED) is 0.679. The third kappa shape index (κ3) is 1.78. The molecule has 0 aliphatic heterocycles. The van der Waals surface area contributed by atoms with Gasteiger partial charge in [0.2, 0.25) is 0 Å². The maximum absolute atomic E-state index is 6.25. The van der Waals surface area contributed by atoms with Crippen LogP contribution in [0.15, 0.2) is 48.5 Å². The van der Waals surface area contributed by atoms with E-state index in [-0.39, 0.29) is 0 Å². The van der Waals surface area contributed by atoms with Crippen molar-refractivity contribution in [2.75, 3.05) is 0 Å². The number of allylic oxidation sites excluding steroid dienone is 1. The fraction of sp³-hybridized carbons (Fsp3) is 0.0667. The molecule has 0 radical (unpaired) electrons. The Labute approximate surface area is 110 Å². The zero-order valence-electron chi connectivity index (χ0n) is 9.08. The number of hydrogen-bond acceptors (Lipinski definition) is 0. The molecule has 0 amide bonds. The molecule has 0 bridgehead atoms. The van der Waals surface area contributed by atoms with E-state index in [1.807, 2.05) is 24.3 Å². The summed E-state index contributed by atoms with van der Waals surface area (Å²) in [6, 6.07) is 14.0. The van der Waals surface area contributed by atoms with Crippen molar-refractivity contribution in [3.05, 3.63) is 75.3 Å². The van der Waals surface area contributed by atoms with Gasteiger partial charge in [-0.05, 0) is 35.3 Å². The van der Waals surface area contributed by atoms with Crippen LogP contribution in [0.25, 0.3) is 5.57 Å². The van der Waals surface area contributed by atoms with Crippen LogP contribution in [0.4, 0.5) is 0 Å². The van der Waals surface area contributed by atoms with Crippen LogP contribution in [0.1, 0.15) is 16.7 Å². The first-order valence-corrected chi connectivity index (χ1v) is 6.26. The van der Waals surface area contributed by atoms with E-state index in [1.165, 1.54) is 11.1 Å². The number of benzene rings is 2. The molecule has 0 unspecified atom stereocenters. The van der Waals surface area contributed by atoms with Crippen molar-refractivity contribution in [3.8, 4) is 0 Å². The van der Waals surface area contributed by atoms with Crippen molar-refractivity contribution in [3.63, 3.8) is 0 Å². The van der Waals surface area contributed by atoms with Crippen molar-refractivity contribution in [2.45, 2.75) is 6.42 Å². The Hall–Kier alpha value is -1.24. The van der Waals surface area contributed by atoms with Gasteiger partial charge in [0.25, 0.3) is 0 Å². The van der Waals surface area contributed by atoms with Crippen LogP contribution >= 0.6 is 23.2 Å². The number of rotatable bonds is 1. The molecule has 17 heavy (non-hydrogen) atoms. The summed E-state index contributed by atoms with van der Waals surface area (Å²) in [6.45, 7) is 0. The maximum Gasteiger partial charge on any atom is 0.0499 e. The van der Waals surface area contributed by atoms with Gasteiger partial charge in [-0.1, -0.05) is 59.6 Å². The van der Waals surface area contributed by atoms with Gasteiger partial charge in [0.05, 0.1) is 0 Å². The Morgan fingerprint density at radius 3 is 2.29 bits per heavy atom. The summed E-state index contributed by atoms with van der Waals surface area (Å²) >= 11 is 12.5. The fourth-order valence-electron chi connectivity index (χ4n) is 2.27. The van der Waals surface area contributed by atoms with E-state index in [0.717, 1.165) is 17.6 Å². The van der Waals surface area contributed by atoms with Gasteiger partial charge in [-0.2, -0.15) is 0 Å². The average Bonchev–Trinajstić information content (AvgIpc) is 2.73. The number of halogens is 2. The molecule has 3 rings (SSSR count). The number of hydrogen-bond donors (Lipinski definition) is 0. The molecule has 84 valence electrons. The molecule has 0 nitrogen and oxygen atoms in total. The molecule has 0 heterocycles. The SMILES string of the molecule is Clc1cccc(Cl)c1C1=CCc2ccccc21. The van der Waals surface area contributed by atoms with Crippen LogP contribution in [-0.4, -0.2) is 0 Å². The lowest BCUT2D eigenvalue weighted by molar-refractivity contribution is 1.31. The molecule has 0 spiro atoms. The van der Waals surface area contributed by atoms with E-state index in [1.54, 1.807) is 0 Å². The van der Waals surface area contributed by atoms with E-state index in [2.05, 4.69) is 24.3 Å². The van der Waals surface area contributed by atoms with Gasteiger partial charge in [0.1, 0.15) is 0 Å². The highest BCUT2D eigenvalue weighted by Gasteiger charge is 2.18. The second-order valence-electron chi connectivity index (χ2n) is 4.08. The van der Waals surface area contributed by atoms with Crippen LogP contribution in [0.5, 0.6) is 0 Å². The molecule has 2 aromatic carbocycles. The normalized spacial score (nSPS) is 13.4. The summed E-state index contributed by atoms with van der Waals surface area (Å²) < 4.78 is 0. The molecule has 1 aliphatic rings. The fourth-order valence-corrected chi connectivity index (χ4v) is 2.88. The molecular weight excluding hydrogens is 251 g/mol. The lowest BCUT2D eigenvalue weighted by Crippen LogP contribution is -1.89. The van der Waals surface area contributed by atoms with Gasteiger partial charge in [-0.3, -0.25) is 0 Å². The van der Waals surface area contributed by atoms with E-state index >= 15 is 0 Å². The Bertz CT molecular complexity index is 592. The molecule has 0 saturated heterocycles. The maximum atomic E-state index is 6.25. The highest BCUT2D eigenvalue weighted by Crippen LogP contribution is 2.39. The molecule has 0 atom stereocenters. The van der Waals surface area contributed by atoms with Crippen molar-refractivity contribution in [1.29, 1.82) is 0 Å². The third-order valence-corrected chi connectivity index (χ3v) is 3.70. The minimum atomic E-state index is 0.709. The number of fused-ring (bicyclic) bond motifs is 1. The third-order valence-electron chi connectivity index (χ3n) is 3.07. The summed E-state index contributed by atoms with van der Waals surface area (Å²) in [7, 11) is 0. The van der Waals surface area contributed by atoms with Crippen molar-refractivity contribution < 1.29 is 0 Å². The molecule has 0 N–H and O–H groups in total. The lowest BCUT2D eigenvalue weighted by atomic mass is 9.99. The van der Waals surface area contributed by atoms with Crippen LogP contribution in [-0.2, 0) is 6.42 Å². The van der Waals surface area contributed by atoms with E-state index < -0.39 is 0 Å². The first kappa shape index (κ1) is 10.9. The first-order chi connectivity index (χ1) is 8.27. The first-order valence-electron chi connectivity index (χ1n) is 5.50. The van der Waals surface area contributed by atoms with Crippen LogP contribution in [0, 0.1) is 0 Å². The summed E-state index contributed by atoms with van der Waals surface area (Å²) in [5.74, 6) is 0. The monoisotopic (exact) mass is 260 g/mol. The minimum absolute atomic E-state index is 0.709. The molecule has 1 aliphatic carbocycles. The highest BCUT2D eigenvalue weighted by atomic mass is 35.5. The Morgan fingerprint density at radius 1 is 0.824 bits per heavy atom. The molecule has 0 aromatic heterocycles. The summed E-state index contributed by atoms with van der Waals surface area (Å²) in [5.41, 5.74) is 4.66. The minimum Gasteiger partial charge on any atom is -0.0836 e. The van der Waals surface area contributed by atoms with E-state index in [9.17, 15) is 0 Å². The van der Waals surface area contributed by atoms with Gasteiger partial charge in [-0.25, -0.2) is 0 Å². The van der Waals surface area contributed by atoms with Gasteiger partial charge in [-0.15, -0.1) is 0 Å². The molecule has 0 fully saturated rings. The molecule has 0 saturated carbocycles. The molecular formula is C15H10Cl2. The van der Waals surface area contributed by atoms with Crippen molar-refractivity contribution >= 4 is 28.8 Å². The predicted molar refractivity (Wildman–Crippen MR) is 73.7 cm³/mol. The zero-order chi connectivity index (χ0) is 11.8. The standard InChI is InChI=1S/C15H10Cl2/c16-13-6-3-7-14(17)15(13)12-9-8-10-4-1-2-5-11(10)12/h1-7,9H,8H2. The summed E-state index contributed by atoms with van der Waals surface area (Å²) in [4.78, 5) is 0. The van der Waals surface area contributed by atoms with E-state index in [0.29, 0.717) is 10.0 Å². The molecule has 2 heteroatoms. The van der Waals surface area contributed by atoms with Crippen molar-refractivity contribution in [1.82, 2.24) is 0 Å². The van der Waals surface area contributed by atoms with Gasteiger partial charge < -0.3 is 0 Å². The Kier molecular flexibility index (Phi) is 2.70. The smallest absolute Gasteiger partial charge is 0.0499 e. The van der Waals surface area contributed by atoms with Gasteiger partial charge in [0.15, 0.2) is 0 Å². The average molecular weight is 261 g/mol. The Balaban J connectivity index is 2.20. The van der Waals surface area contributed by atoms with Crippen molar-refractivity contribution in [2.24, 2.45) is 0 Å². The predicted octanol–water partition coefficient (Wildman–Crippen LogP) is 4.98.